The second kappa shape index (κ2) is 7.52. The topological polar surface area (TPSA) is 32.3 Å². The van der Waals surface area contributed by atoms with E-state index >= 15 is 0 Å². The molecule has 4 aliphatic carbocycles. The van der Waals surface area contributed by atoms with Gasteiger partial charge in [-0.25, -0.2) is 0 Å². The smallest absolute Gasteiger partial charge is 0.228 e. The molecule has 164 valence electrons. The lowest BCUT2D eigenvalue weighted by molar-refractivity contribution is -0.160. The summed E-state index contributed by atoms with van der Waals surface area (Å²) in [6, 6.07) is 9.32. The molecule has 2 aliphatic heterocycles. The van der Waals surface area contributed by atoms with Crippen molar-refractivity contribution in [2.24, 2.45) is 29.1 Å². The minimum atomic E-state index is -0.0628. The van der Waals surface area contributed by atoms with Crippen LogP contribution < -0.4 is 5.32 Å². The molecule has 0 radical (unpaired) electrons. The first-order valence-corrected chi connectivity index (χ1v) is 12.1. The van der Waals surface area contributed by atoms with Crippen molar-refractivity contribution in [3.63, 3.8) is 0 Å². The summed E-state index contributed by atoms with van der Waals surface area (Å²) in [6.45, 7) is 6.50. The van der Waals surface area contributed by atoms with E-state index in [9.17, 15) is 4.79 Å². The average Bonchev–Trinajstić information content (AvgIpc) is 3.05. The molecule has 30 heavy (non-hydrogen) atoms. The molecule has 4 bridgehead atoms. The van der Waals surface area contributed by atoms with E-state index in [1.54, 1.807) is 0 Å². The predicted octanol–water partition coefficient (Wildman–Crippen LogP) is 4.71. The van der Waals surface area contributed by atoms with Crippen LogP contribution in [-0.4, -0.2) is 37.0 Å². The molecule has 1 N–H and O–H groups in total. The highest BCUT2D eigenvalue weighted by molar-refractivity contribution is 5.85. The van der Waals surface area contributed by atoms with E-state index in [1.165, 1.54) is 69.2 Å². The van der Waals surface area contributed by atoms with Gasteiger partial charge in [-0.2, -0.15) is 0 Å². The van der Waals surface area contributed by atoms with Crippen LogP contribution >= 0.6 is 12.4 Å². The number of carbonyl (C=O) groups is 1. The normalized spacial score (nSPS) is 41.8. The fraction of sp³-hybridized carbons (Fsp3) is 0.731. The number of nitrogens with one attached hydrogen (secondary N) is 1. The fourth-order valence-electron chi connectivity index (χ4n) is 8.51. The molecule has 2 saturated heterocycles. The lowest BCUT2D eigenvalue weighted by Gasteiger charge is -2.62. The van der Waals surface area contributed by atoms with Crippen LogP contribution in [-0.2, 0) is 10.2 Å². The Morgan fingerprint density at radius 2 is 1.57 bits per heavy atom. The molecule has 2 unspecified atom stereocenters. The molecule has 0 aromatic heterocycles. The number of carbonyl (C=O) groups excluding carboxylic acids is 1. The number of hydrogen-bond acceptors (Lipinski definition) is 2. The Labute approximate surface area is 187 Å². The largest absolute Gasteiger partial charge is 0.342 e. The number of rotatable bonds is 2. The van der Waals surface area contributed by atoms with Crippen molar-refractivity contribution in [2.45, 2.75) is 63.7 Å². The van der Waals surface area contributed by atoms with Gasteiger partial charge in [-0.15, -0.1) is 12.4 Å². The Balaban J connectivity index is 0.00000193. The number of likely N-dealkylation sites (tertiary alicyclic amines) is 1. The van der Waals surface area contributed by atoms with E-state index in [0.717, 1.165) is 43.2 Å². The van der Waals surface area contributed by atoms with Gasteiger partial charge in [0, 0.05) is 13.1 Å². The predicted molar refractivity (Wildman–Crippen MR) is 123 cm³/mol. The lowest BCUT2D eigenvalue weighted by Crippen LogP contribution is -2.59. The molecule has 7 rings (SSSR count). The highest BCUT2D eigenvalue weighted by Crippen LogP contribution is 2.66. The summed E-state index contributed by atoms with van der Waals surface area (Å²) in [5, 5.41) is 3.57. The van der Waals surface area contributed by atoms with Gasteiger partial charge in [0.1, 0.15) is 0 Å². The third kappa shape index (κ3) is 3.23. The molecule has 4 saturated carbocycles. The quantitative estimate of drug-likeness (QED) is 0.739. The van der Waals surface area contributed by atoms with Crippen molar-refractivity contribution in [1.82, 2.24) is 10.2 Å². The van der Waals surface area contributed by atoms with Crippen LogP contribution in [0.2, 0.25) is 0 Å². The number of aryl methyl sites for hydroxylation is 1. The molecule has 1 amide bonds. The van der Waals surface area contributed by atoms with Gasteiger partial charge < -0.3 is 10.2 Å². The number of hydrogen-bond donors (Lipinski definition) is 1. The Bertz CT molecular complexity index is 778. The van der Waals surface area contributed by atoms with Crippen molar-refractivity contribution in [2.75, 3.05) is 26.2 Å². The summed E-state index contributed by atoms with van der Waals surface area (Å²) >= 11 is 0. The second-order valence-electron chi connectivity index (χ2n) is 11.4. The van der Waals surface area contributed by atoms with Gasteiger partial charge >= 0.3 is 0 Å². The van der Waals surface area contributed by atoms with Crippen molar-refractivity contribution < 1.29 is 4.79 Å². The number of benzene rings is 1. The summed E-state index contributed by atoms with van der Waals surface area (Å²) in [5.74, 6) is 3.65. The second-order valence-corrected chi connectivity index (χ2v) is 11.4. The Kier molecular flexibility index (Phi) is 5.22. The van der Waals surface area contributed by atoms with Crippen LogP contribution in [0, 0.1) is 36.0 Å². The molecule has 3 nitrogen and oxygen atoms in total. The van der Waals surface area contributed by atoms with Crippen molar-refractivity contribution in [3.8, 4) is 0 Å². The van der Waals surface area contributed by atoms with Crippen molar-refractivity contribution >= 4 is 18.3 Å². The maximum atomic E-state index is 14.1. The van der Waals surface area contributed by atoms with E-state index in [4.69, 9.17) is 0 Å². The summed E-state index contributed by atoms with van der Waals surface area (Å²) in [5.41, 5.74) is 3.06. The van der Waals surface area contributed by atoms with Gasteiger partial charge in [0.2, 0.25) is 5.91 Å². The minimum Gasteiger partial charge on any atom is -0.342 e. The molecule has 0 spiro atoms. The zero-order chi connectivity index (χ0) is 19.6. The van der Waals surface area contributed by atoms with Gasteiger partial charge in [-0.3, -0.25) is 4.79 Å². The fourth-order valence-corrected chi connectivity index (χ4v) is 8.51. The molecule has 2 heterocycles. The third-order valence-electron chi connectivity index (χ3n) is 9.49. The zero-order valence-corrected chi connectivity index (χ0v) is 19.2. The lowest BCUT2D eigenvalue weighted by atomic mass is 9.42. The third-order valence-corrected chi connectivity index (χ3v) is 9.49. The van der Waals surface area contributed by atoms with Crippen LogP contribution in [0.15, 0.2) is 24.3 Å². The van der Waals surface area contributed by atoms with Gasteiger partial charge in [-0.05, 0) is 106 Å². The summed E-state index contributed by atoms with van der Waals surface area (Å²) in [4.78, 5) is 16.4. The van der Waals surface area contributed by atoms with Crippen LogP contribution in [0.25, 0.3) is 0 Å². The number of nitrogens with zero attached hydrogens (tertiary/aromatic N) is 1. The van der Waals surface area contributed by atoms with Crippen LogP contribution in [0.3, 0.4) is 0 Å². The molecule has 4 heteroatoms. The average molecular weight is 429 g/mol. The van der Waals surface area contributed by atoms with Gasteiger partial charge in [0.15, 0.2) is 0 Å². The highest BCUT2D eigenvalue weighted by atomic mass is 35.5. The molecular formula is C26H37ClN2O. The number of amides is 1. The van der Waals surface area contributed by atoms with E-state index in [0.29, 0.717) is 5.91 Å². The molecule has 1 aromatic rings. The van der Waals surface area contributed by atoms with Crippen LogP contribution in [0.5, 0.6) is 0 Å². The maximum Gasteiger partial charge on any atom is 0.228 e. The van der Waals surface area contributed by atoms with Gasteiger partial charge in [0.05, 0.1) is 5.41 Å². The van der Waals surface area contributed by atoms with Crippen LogP contribution in [0.1, 0.15) is 62.5 Å². The Morgan fingerprint density at radius 3 is 2.17 bits per heavy atom. The standard InChI is InChI=1S/C26H36N2O.ClH/c1-18-2-4-23(5-3-18)25-11-19-10-20(12-25)14-26(13-19,17-25)24(29)28-8-6-21-15-27-16-22(21)7-9-28;/h2-5,19-22,27H,6-17H2,1H3;1H/t19?,20?,21-,22+,25?,26?;. The first kappa shape index (κ1) is 20.8. The van der Waals surface area contributed by atoms with Gasteiger partial charge in [-0.1, -0.05) is 29.8 Å². The number of halogens is 1. The number of fused-ring (bicyclic) bond motifs is 1. The molecule has 6 aliphatic rings. The van der Waals surface area contributed by atoms with Crippen molar-refractivity contribution in [3.05, 3.63) is 35.4 Å². The van der Waals surface area contributed by atoms with Crippen molar-refractivity contribution in [1.29, 1.82) is 0 Å². The summed E-state index contributed by atoms with van der Waals surface area (Å²) < 4.78 is 0. The Morgan fingerprint density at radius 1 is 0.967 bits per heavy atom. The van der Waals surface area contributed by atoms with Crippen LogP contribution in [0.4, 0.5) is 0 Å². The minimum absolute atomic E-state index is 0. The van der Waals surface area contributed by atoms with E-state index in [1.807, 2.05) is 0 Å². The molecular weight excluding hydrogens is 392 g/mol. The van der Waals surface area contributed by atoms with E-state index in [-0.39, 0.29) is 23.2 Å². The molecule has 6 fully saturated rings. The zero-order valence-electron chi connectivity index (χ0n) is 18.4. The summed E-state index contributed by atoms with van der Waals surface area (Å²) in [7, 11) is 0. The summed E-state index contributed by atoms with van der Waals surface area (Å²) in [6.07, 6.45) is 9.86. The highest BCUT2D eigenvalue weighted by Gasteiger charge is 2.61. The monoisotopic (exact) mass is 428 g/mol. The Hall–Kier alpha value is -1.06. The van der Waals surface area contributed by atoms with E-state index in [2.05, 4.69) is 41.4 Å². The SMILES string of the molecule is Cc1ccc(C23CC4CC(CC(C(=O)N5CC[C@@H]6CNC[C@@H]6CC5)(C4)C2)C3)cc1.Cl. The first-order chi connectivity index (χ1) is 14.1. The first-order valence-electron chi connectivity index (χ1n) is 12.1. The van der Waals surface area contributed by atoms with Gasteiger partial charge in [0.25, 0.3) is 0 Å². The maximum absolute atomic E-state index is 14.1. The molecule has 1 aromatic carbocycles. The molecule has 4 atom stereocenters. The van der Waals surface area contributed by atoms with E-state index < -0.39 is 0 Å².